The topological polar surface area (TPSA) is 109 Å². The fraction of sp³-hybridized carbons (Fsp3) is 0.294. The van der Waals surface area contributed by atoms with Gasteiger partial charge in [0.2, 0.25) is 11.8 Å². The zero-order valence-electron chi connectivity index (χ0n) is 24.4. The van der Waals surface area contributed by atoms with Crippen molar-refractivity contribution in [2.45, 2.75) is 29.5 Å². The SMILES string of the molecule is Cc1cccc(NC(=O)COc2ccc(Cl)cc2[C@H]2c3sc(=O)[nH]c3SC3C2[C@H]2C[C@@H]3C3C(=O)N(c4ccc(Cl)cc4)C(=O)C32)c1. The molecule has 2 aliphatic heterocycles. The number of rotatable bonds is 6. The van der Waals surface area contributed by atoms with Crippen molar-refractivity contribution in [3.05, 3.63) is 102 Å². The molecule has 3 amide bonds. The van der Waals surface area contributed by atoms with Crippen molar-refractivity contribution in [3.63, 3.8) is 0 Å². The highest BCUT2D eigenvalue weighted by atomic mass is 35.5. The number of aromatic amines is 1. The lowest BCUT2D eigenvalue weighted by atomic mass is 9.68. The number of amides is 3. The summed E-state index contributed by atoms with van der Waals surface area (Å²) in [4.78, 5) is 58.6. The van der Waals surface area contributed by atoms with Crippen molar-refractivity contribution in [1.82, 2.24) is 4.98 Å². The molecule has 46 heavy (non-hydrogen) atoms. The molecule has 2 saturated carbocycles. The highest BCUT2D eigenvalue weighted by Crippen LogP contribution is 2.69. The van der Waals surface area contributed by atoms with E-state index in [4.69, 9.17) is 27.9 Å². The number of nitrogens with one attached hydrogen (secondary N) is 2. The van der Waals surface area contributed by atoms with Crippen LogP contribution in [-0.4, -0.2) is 34.6 Å². The first-order valence-corrected chi connectivity index (χ1v) is 17.4. The molecule has 4 aromatic rings. The van der Waals surface area contributed by atoms with Crippen LogP contribution in [0, 0.1) is 36.5 Å². The number of carbonyl (C=O) groups excluding carboxylic acids is 3. The zero-order valence-corrected chi connectivity index (χ0v) is 27.5. The van der Waals surface area contributed by atoms with Gasteiger partial charge < -0.3 is 15.0 Å². The molecular formula is C34H27Cl2N3O5S2. The van der Waals surface area contributed by atoms with E-state index in [-0.39, 0.29) is 58.1 Å². The van der Waals surface area contributed by atoms with Gasteiger partial charge in [0.25, 0.3) is 5.91 Å². The Balaban J connectivity index is 1.14. The summed E-state index contributed by atoms with van der Waals surface area (Å²) < 4.78 is 6.17. The van der Waals surface area contributed by atoms with Gasteiger partial charge >= 0.3 is 4.87 Å². The van der Waals surface area contributed by atoms with Gasteiger partial charge in [-0.15, -0.1) is 11.8 Å². The number of H-pyrrole nitrogens is 1. The number of imide groups is 1. The second kappa shape index (κ2) is 11.3. The number of thiazole rings is 1. The van der Waals surface area contributed by atoms with Crippen LogP contribution in [0.25, 0.3) is 0 Å². The zero-order chi connectivity index (χ0) is 31.9. The van der Waals surface area contributed by atoms with E-state index in [0.717, 1.165) is 38.8 Å². The molecule has 1 aromatic heterocycles. The third-order valence-electron chi connectivity index (χ3n) is 9.78. The summed E-state index contributed by atoms with van der Waals surface area (Å²) in [6.45, 7) is 1.72. The lowest BCUT2D eigenvalue weighted by Crippen LogP contribution is -2.42. The Morgan fingerprint density at radius 3 is 2.48 bits per heavy atom. The average Bonchev–Trinajstić information content (AvgIpc) is 3.76. The molecule has 3 heterocycles. The molecule has 2 N–H and O–H groups in total. The Labute approximate surface area is 282 Å². The molecule has 7 atom stereocenters. The van der Waals surface area contributed by atoms with Crippen LogP contribution < -0.4 is 19.8 Å². The predicted molar refractivity (Wildman–Crippen MR) is 179 cm³/mol. The minimum Gasteiger partial charge on any atom is -0.483 e. The third-order valence-corrected chi connectivity index (χ3v) is 12.9. The van der Waals surface area contributed by atoms with Gasteiger partial charge in [-0.25, -0.2) is 0 Å². The number of thioether (sulfide) groups is 1. The number of nitrogens with zero attached hydrogens (tertiary/aromatic N) is 1. The Morgan fingerprint density at radius 2 is 1.72 bits per heavy atom. The summed E-state index contributed by atoms with van der Waals surface area (Å²) in [6, 6.07) is 19.6. The average molecular weight is 693 g/mol. The number of fused-ring (bicyclic) bond motifs is 9. The van der Waals surface area contributed by atoms with Crippen molar-refractivity contribution in [3.8, 4) is 5.75 Å². The quantitative estimate of drug-likeness (QED) is 0.217. The summed E-state index contributed by atoms with van der Waals surface area (Å²) in [5.74, 6) is -1.56. The summed E-state index contributed by atoms with van der Waals surface area (Å²) in [7, 11) is 0. The van der Waals surface area contributed by atoms with Gasteiger partial charge in [0.05, 0.1) is 22.5 Å². The van der Waals surface area contributed by atoms with Crippen molar-refractivity contribution < 1.29 is 19.1 Å². The lowest BCUT2D eigenvalue weighted by molar-refractivity contribution is -0.123. The first-order chi connectivity index (χ1) is 22.2. The number of aromatic nitrogens is 1. The van der Waals surface area contributed by atoms with Crippen molar-refractivity contribution >= 4 is 75.4 Å². The summed E-state index contributed by atoms with van der Waals surface area (Å²) in [5.41, 5.74) is 2.99. The van der Waals surface area contributed by atoms with Crippen LogP contribution in [-0.2, 0) is 14.4 Å². The molecule has 8 nitrogen and oxygen atoms in total. The van der Waals surface area contributed by atoms with Crippen LogP contribution in [0.4, 0.5) is 11.4 Å². The van der Waals surface area contributed by atoms with Crippen molar-refractivity contribution in [1.29, 1.82) is 0 Å². The second-order valence-corrected chi connectivity index (χ2v) is 15.4. The van der Waals surface area contributed by atoms with E-state index >= 15 is 0 Å². The number of ether oxygens (including phenoxy) is 1. The largest absolute Gasteiger partial charge is 0.483 e. The molecule has 2 bridgehead atoms. The minimum atomic E-state index is -0.460. The van der Waals surface area contributed by atoms with E-state index in [1.165, 1.54) is 4.90 Å². The Kier molecular flexibility index (Phi) is 7.32. The predicted octanol–water partition coefficient (Wildman–Crippen LogP) is 6.75. The molecule has 4 unspecified atom stereocenters. The minimum absolute atomic E-state index is 0.00707. The standard InChI is InChI=1S/C34H27Cl2N3O5S2/c1-15-3-2-4-18(11-15)37-24(40)14-44-23-10-7-17(36)12-20(23)25-26-21-13-22(29(26)45-31-30(25)46-34(43)38-31)28-27(21)32(41)39(33(28)42)19-8-5-16(35)6-9-19/h2-12,21-22,25-29H,13-14H2,1H3,(H,37,40)(H,38,43)/t21-,22-,25-,26?,27?,28?,29?/m1/s1. The molecule has 2 aliphatic carbocycles. The van der Waals surface area contributed by atoms with Crippen LogP contribution >= 0.6 is 46.3 Å². The summed E-state index contributed by atoms with van der Waals surface area (Å²) in [6.07, 6.45) is 0.745. The smallest absolute Gasteiger partial charge is 0.305 e. The molecule has 1 saturated heterocycles. The van der Waals surface area contributed by atoms with Gasteiger partial charge in [0, 0.05) is 37.3 Å². The van der Waals surface area contributed by atoms with Gasteiger partial charge in [-0.2, -0.15) is 0 Å². The third kappa shape index (κ3) is 4.80. The molecule has 0 radical (unpaired) electrons. The molecule has 12 heteroatoms. The summed E-state index contributed by atoms with van der Waals surface area (Å²) in [5, 5.41) is 4.67. The van der Waals surface area contributed by atoms with Gasteiger partial charge in [-0.3, -0.25) is 24.1 Å². The van der Waals surface area contributed by atoms with E-state index in [2.05, 4.69) is 10.3 Å². The Hall–Kier alpha value is -3.57. The highest BCUT2D eigenvalue weighted by Gasteiger charge is 2.69. The summed E-state index contributed by atoms with van der Waals surface area (Å²) >= 11 is 15.4. The van der Waals surface area contributed by atoms with Crippen LogP contribution in [0.2, 0.25) is 10.0 Å². The molecule has 3 aromatic carbocycles. The molecule has 4 aliphatic rings. The molecule has 3 fully saturated rings. The molecular weight excluding hydrogens is 665 g/mol. The van der Waals surface area contributed by atoms with Gasteiger partial charge in [-0.05, 0) is 91.3 Å². The Bertz CT molecular complexity index is 1980. The van der Waals surface area contributed by atoms with Gasteiger partial charge in [-0.1, -0.05) is 46.7 Å². The molecule has 8 rings (SSSR count). The van der Waals surface area contributed by atoms with E-state index < -0.39 is 11.8 Å². The number of hydrogen-bond donors (Lipinski definition) is 2. The normalized spacial score (nSPS) is 27.4. The number of aryl methyl sites for hydroxylation is 1. The van der Waals surface area contributed by atoms with E-state index in [0.29, 0.717) is 27.2 Å². The highest BCUT2D eigenvalue weighted by molar-refractivity contribution is 8.00. The number of carbonyl (C=O) groups is 3. The first-order valence-electron chi connectivity index (χ1n) is 15.0. The maximum absolute atomic E-state index is 14.0. The first kappa shape index (κ1) is 29.8. The number of benzene rings is 3. The maximum Gasteiger partial charge on any atom is 0.305 e. The molecule has 234 valence electrons. The van der Waals surface area contributed by atoms with Gasteiger partial charge in [0.1, 0.15) is 5.75 Å². The fourth-order valence-electron chi connectivity index (χ4n) is 8.17. The van der Waals surface area contributed by atoms with E-state index in [9.17, 15) is 19.2 Å². The monoisotopic (exact) mass is 691 g/mol. The maximum atomic E-state index is 14.0. The number of anilines is 2. The van der Waals surface area contributed by atoms with Crippen LogP contribution in [0.1, 0.15) is 28.3 Å². The van der Waals surface area contributed by atoms with Crippen molar-refractivity contribution in [2.24, 2.45) is 29.6 Å². The molecule has 0 spiro atoms. The van der Waals surface area contributed by atoms with E-state index in [1.54, 1.807) is 48.2 Å². The lowest BCUT2D eigenvalue weighted by Gasteiger charge is -2.43. The second-order valence-electron chi connectivity index (χ2n) is 12.3. The van der Waals surface area contributed by atoms with Crippen molar-refractivity contribution in [2.75, 3.05) is 16.8 Å². The van der Waals surface area contributed by atoms with Crippen LogP contribution in [0.15, 0.2) is 76.6 Å². The van der Waals surface area contributed by atoms with Gasteiger partial charge in [0.15, 0.2) is 6.61 Å². The van der Waals surface area contributed by atoms with E-state index in [1.807, 2.05) is 37.3 Å². The van der Waals surface area contributed by atoms with Crippen LogP contribution in [0.5, 0.6) is 5.75 Å². The number of hydrogen-bond acceptors (Lipinski definition) is 7. The fourth-order valence-corrected chi connectivity index (χ4v) is 11.4. The van der Waals surface area contributed by atoms with Crippen LogP contribution in [0.3, 0.4) is 0 Å². The number of halogens is 2. The Morgan fingerprint density at radius 1 is 0.978 bits per heavy atom.